The molecule has 4 bridgehead atoms. The minimum atomic E-state index is -1.57. The predicted molar refractivity (Wildman–Crippen MR) is 201 cm³/mol. The van der Waals surface area contributed by atoms with Gasteiger partial charge in [0.2, 0.25) is 0 Å². The van der Waals surface area contributed by atoms with Crippen molar-refractivity contribution in [1.82, 2.24) is 5.32 Å². The van der Waals surface area contributed by atoms with Crippen molar-refractivity contribution in [1.29, 1.82) is 0 Å². The molecule has 4 saturated carbocycles. The van der Waals surface area contributed by atoms with Crippen molar-refractivity contribution < 1.29 is 35.1 Å². The van der Waals surface area contributed by atoms with E-state index < -0.39 is 57.8 Å². The number of aliphatic hydroxyl groups is 5. The van der Waals surface area contributed by atoms with E-state index in [-0.39, 0.29) is 49.2 Å². The molecule has 2 spiro atoms. The molecule has 9 heteroatoms. The summed E-state index contributed by atoms with van der Waals surface area (Å²) in [6.07, 6.45) is 14.8. The van der Waals surface area contributed by atoms with Gasteiger partial charge in [0.15, 0.2) is 5.78 Å². The number of hydrogen-bond acceptors (Lipinski definition) is 9. The lowest BCUT2D eigenvalue weighted by Gasteiger charge is -2.66. The quantitative estimate of drug-likeness (QED) is 0.177. The third-order valence-corrected chi connectivity index (χ3v) is 16.8. The molecule has 0 amide bonds. The number of nitrogens with two attached hydrogens (primary N) is 1. The first-order valence-electron chi connectivity index (χ1n) is 21.0. The predicted octanol–water partition coefficient (Wildman–Crippen LogP) is 4.55. The molecule has 9 aliphatic rings. The van der Waals surface area contributed by atoms with Crippen LogP contribution in [-0.4, -0.2) is 79.2 Å². The molecule has 5 fully saturated rings. The van der Waals surface area contributed by atoms with Crippen molar-refractivity contribution in [2.24, 2.45) is 51.6 Å². The highest BCUT2D eigenvalue weighted by molar-refractivity contribution is 5.98. The van der Waals surface area contributed by atoms with Gasteiger partial charge in [-0.15, -0.1) is 11.8 Å². The fourth-order valence-corrected chi connectivity index (χ4v) is 14.0. The monoisotopic (exact) mass is 732 g/mol. The molecular formula is C44H64N2O7. The number of allylic oxidation sites excluding steroid dienone is 3. The van der Waals surface area contributed by atoms with Crippen LogP contribution in [0.2, 0.25) is 0 Å². The summed E-state index contributed by atoms with van der Waals surface area (Å²) < 4.78 is 6.73. The van der Waals surface area contributed by atoms with Gasteiger partial charge in [0, 0.05) is 24.5 Å². The lowest BCUT2D eigenvalue weighted by Crippen LogP contribution is -2.68. The molecule has 7 aliphatic carbocycles. The fraction of sp³-hybridized carbons (Fsp3) is 0.795. The third-order valence-electron chi connectivity index (χ3n) is 16.8. The van der Waals surface area contributed by atoms with Crippen LogP contribution in [0.25, 0.3) is 0 Å². The number of ketones is 1. The Bertz CT molecular complexity index is 1610. The van der Waals surface area contributed by atoms with Crippen LogP contribution >= 0.6 is 0 Å². The SMILES string of the molecule is CCCC1CCC2OC(C(O)C(C)(O)C3CCC4(O)C5=CC(=O)C67CC#CCC34CCC5C6(CCC3=CNC(N)C=C3)CC(O)C(O)C7)C(C)C2CC1. The van der Waals surface area contributed by atoms with Crippen molar-refractivity contribution >= 4 is 5.78 Å². The van der Waals surface area contributed by atoms with Crippen molar-refractivity contribution in [2.75, 3.05) is 0 Å². The van der Waals surface area contributed by atoms with E-state index in [2.05, 4.69) is 31.0 Å². The molecule has 9 rings (SSSR count). The van der Waals surface area contributed by atoms with Crippen LogP contribution in [0.4, 0.5) is 0 Å². The van der Waals surface area contributed by atoms with E-state index in [0.29, 0.717) is 56.4 Å². The Labute approximate surface area is 315 Å². The third kappa shape index (κ3) is 5.55. The van der Waals surface area contributed by atoms with Gasteiger partial charge in [0.1, 0.15) is 6.10 Å². The summed E-state index contributed by atoms with van der Waals surface area (Å²) in [5, 5.41) is 64.0. The van der Waals surface area contributed by atoms with E-state index in [4.69, 9.17) is 10.5 Å². The van der Waals surface area contributed by atoms with E-state index >= 15 is 0 Å². The Hall–Kier alpha value is -2.03. The van der Waals surface area contributed by atoms with Gasteiger partial charge in [-0.3, -0.25) is 4.79 Å². The molecule has 0 aromatic heterocycles. The number of fused-ring (bicyclic) bond motifs is 5. The van der Waals surface area contributed by atoms with E-state index in [0.717, 1.165) is 30.8 Å². The summed E-state index contributed by atoms with van der Waals surface area (Å²) in [7, 11) is 0. The van der Waals surface area contributed by atoms with Crippen molar-refractivity contribution in [2.45, 2.75) is 171 Å². The summed E-state index contributed by atoms with van der Waals surface area (Å²) in [6, 6.07) is 0. The normalized spacial score (nSPS) is 48.9. The molecule has 0 aromatic carbocycles. The number of ether oxygens (including phenoxy) is 1. The molecular weight excluding hydrogens is 668 g/mol. The highest BCUT2D eigenvalue weighted by Gasteiger charge is 2.74. The summed E-state index contributed by atoms with van der Waals surface area (Å²) in [4.78, 5) is 14.8. The average molecular weight is 733 g/mol. The molecule has 8 N–H and O–H groups in total. The largest absolute Gasteiger partial charge is 0.390 e. The van der Waals surface area contributed by atoms with E-state index in [1.165, 1.54) is 19.3 Å². The van der Waals surface area contributed by atoms with Crippen LogP contribution < -0.4 is 11.1 Å². The number of carbonyl (C=O) groups excluding carboxylic acids is 1. The summed E-state index contributed by atoms with van der Waals surface area (Å²) in [5.74, 6) is 7.21. The Kier molecular flexibility index (Phi) is 9.70. The zero-order valence-electron chi connectivity index (χ0n) is 32.1. The topological polar surface area (TPSA) is 166 Å². The molecule has 0 aromatic rings. The Balaban J connectivity index is 1.13. The number of rotatable bonds is 8. The lowest BCUT2D eigenvalue weighted by molar-refractivity contribution is -0.209. The number of dihydropyridines is 1. The zero-order chi connectivity index (χ0) is 37.6. The number of nitrogens with one attached hydrogen (secondary N) is 1. The van der Waals surface area contributed by atoms with Crippen molar-refractivity contribution in [3.8, 4) is 11.8 Å². The molecule has 2 heterocycles. The maximum atomic E-state index is 14.8. The summed E-state index contributed by atoms with van der Waals surface area (Å²) in [6.45, 7) is 6.18. The molecule has 9 nitrogen and oxygen atoms in total. The van der Waals surface area contributed by atoms with Gasteiger partial charge in [-0.1, -0.05) is 39.2 Å². The first-order chi connectivity index (χ1) is 25.2. The first kappa shape index (κ1) is 37.9. The minimum Gasteiger partial charge on any atom is -0.390 e. The number of hydrogen-bond donors (Lipinski definition) is 7. The average Bonchev–Trinajstić information content (AvgIpc) is 3.53. The van der Waals surface area contributed by atoms with Gasteiger partial charge >= 0.3 is 0 Å². The second-order valence-corrected chi connectivity index (χ2v) is 19.1. The van der Waals surface area contributed by atoms with Gasteiger partial charge in [-0.05, 0) is 136 Å². The van der Waals surface area contributed by atoms with Gasteiger partial charge in [-0.25, -0.2) is 0 Å². The Morgan fingerprint density at radius 3 is 2.58 bits per heavy atom. The van der Waals surface area contributed by atoms with E-state index in [1.807, 2.05) is 18.4 Å². The lowest BCUT2D eigenvalue weighted by atomic mass is 9.38. The zero-order valence-corrected chi connectivity index (χ0v) is 32.1. The van der Waals surface area contributed by atoms with E-state index in [9.17, 15) is 30.3 Å². The van der Waals surface area contributed by atoms with Crippen LogP contribution in [0.1, 0.15) is 124 Å². The van der Waals surface area contributed by atoms with Crippen molar-refractivity contribution in [3.05, 3.63) is 35.6 Å². The molecule has 53 heavy (non-hydrogen) atoms. The van der Waals surface area contributed by atoms with Crippen LogP contribution in [0, 0.1) is 57.7 Å². The van der Waals surface area contributed by atoms with E-state index in [1.54, 1.807) is 13.0 Å². The highest BCUT2D eigenvalue weighted by Crippen LogP contribution is 2.73. The van der Waals surface area contributed by atoms with Crippen LogP contribution in [-0.2, 0) is 9.53 Å². The fourth-order valence-electron chi connectivity index (χ4n) is 14.0. The standard InChI is InChI=1S/C44H64N2O7/c1-4-7-27-8-11-29-26(2)38(53-34(29)12-9-27)39(50)40(3,51)35-16-21-44(52)31-22-36(49)43-18-6-5-17-41(35,44)20-15-30(31)42(43,23-32(47)33(48)24-43)19-14-28-10-13-37(45)46-25-28/h10,13,22,25-27,29-30,32-35,37-39,46-48,50-52H,4,7-9,11-12,14-21,23-24,45H2,1-3H3. The Morgan fingerprint density at radius 2 is 1.83 bits per heavy atom. The van der Waals surface area contributed by atoms with Crippen LogP contribution in [0.5, 0.6) is 0 Å². The molecule has 16 atom stereocenters. The van der Waals surface area contributed by atoms with Gasteiger partial charge in [-0.2, -0.15) is 0 Å². The second kappa shape index (κ2) is 13.6. The molecule has 2 aliphatic heterocycles. The van der Waals surface area contributed by atoms with Gasteiger partial charge < -0.3 is 41.3 Å². The Morgan fingerprint density at radius 1 is 1.08 bits per heavy atom. The van der Waals surface area contributed by atoms with Gasteiger partial charge in [0.05, 0.1) is 47.2 Å². The maximum absolute atomic E-state index is 14.8. The van der Waals surface area contributed by atoms with Gasteiger partial charge in [0.25, 0.3) is 0 Å². The van der Waals surface area contributed by atoms with Crippen LogP contribution in [0.15, 0.2) is 35.6 Å². The molecule has 292 valence electrons. The van der Waals surface area contributed by atoms with Crippen molar-refractivity contribution in [3.63, 3.8) is 0 Å². The molecule has 0 radical (unpaired) electrons. The minimum absolute atomic E-state index is 0.0857. The highest BCUT2D eigenvalue weighted by atomic mass is 16.5. The maximum Gasteiger partial charge on any atom is 0.163 e. The summed E-state index contributed by atoms with van der Waals surface area (Å²) in [5.41, 5.74) is 2.18. The van der Waals surface area contributed by atoms with Crippen LogP contribution in [0.3, 0.4) is 0 Å². The number of carbonyl (C=O) groups is 1. The molecule has 1 saturated heterocycles. The summed E-state index contributed by atoms with van der Waals surface area (Å²) >= 11 is 0. The first-order valence-corrected chi connectivity index (χ1v) is 21.0. The molecule has 16 unspecified atom stereocenters. The smallest absolute Gasteiger partial charge is 0.163 e. The number of aliphatic hydroxyl groups excluding tert-OH is 3. The second-order valence-electron chi connectivity index (χ2n) is 19.1.